The lowest BCUT2D eigenvalue weighted by Crippen LogP contribution is -2.50. The van der Waals surface area contributed by atoms with Crippen molar-refractivity contribution in [2.75, 3.05) is 31.9 Å². The molecule has 17 heavy (non-hydrogen) atoms. The van der Waals surface area contributed by atoms with E-state index < -0.39 is 0 Å². The van der Waals surface area contributed by atoms with E-state index in [0.29, 0.717) is 36.7 Å². The Morgan fingerprint density at radius 2 is 1.82 bits per heavy atom. The van der Waals surface area contributed by atoms with Crippen LogP contribution in [0.3, 0.4) is 0 Å². The van der Waals surface area contributed by atoms with E-state index in [1.807, 2.05) is 5.38 Å². The minimum absolute atomic E-state index is 0.0271. The summed E-state index contributed by atoms with van der Waals surface area (Å²) >= 11 is 1.36. The number of anilines is 1. The molecule has 2 N–H and O–H groups in total. The van der Waals surface area contributed by atoms with E-state index in [-0.39, 0.29) is 11.8 Å². The van der Waals surface area contributed by atoms with Crippen LogP contribution in [-0.4, -0.2) is 47.8 Å². The van der Waals surface area contributed by atoms with Crippen molar-refractivity contribution < 1.29 is 9.59 Å². The number of nitrogens with two attached hydrogens (primary N) is 1. The van der Waals surface area contributed by atoms with Crippen LogP contribution in [0.25, 0.3) is 0 Å². The van der Waals surface area contributed by atoms with Crippen molar-refractivity contribution in [2.24, 2.45) is 0 Å². The highest BCUT2D eigenvalue weighted by Crippen LogP contribution is 2.21. The van der Waals surface area contributed by atoms with Gasteiger partial charge in [-0.05, 0) is 11.4 Å². The zero-order chi connectivity index (χ0) is 12.4. The number of carbonyl (C=O) groups excluding carboxylic acids is 2. The van der Waals surface area contributed by atoms with Gasteiger partial charge in [0.05, 0.1) is 5.69 Å². The standard InChI is InChI=1S/C11H15N3O2S/c1-8(15)13-3-5-14(6-4-13)11(16)10-9(12)2-7-17-10/h2,7H,3-6,12H2,1H3. The lowest BCUT2D eigenvalue weighted by molar-refractivity contribution is -0.130. The van der Waals surface area contributed by atoms with Crippen molar-refractivity contribution in [1.29, 1.82) is 0 Å². The Balaban J connectivity index is 2.00. The van der Waals surface area contributed by atoms with Crippen LogP contribution in [0.1, 0.15) is 16.6 Å². The fraction of sp³-hybridized carbons (Fsp3) is 0.455. The molecule has 0 aromatic carbocycles. The Morgan fingerprint density at radius 1 is 1.24 bits per heavy atom. The molecule has 0 spiro atoms. The number of nitrogen functional groups attached to an aromatic ring is 1. The first kappa shape index (κ1) is 11.9. The largest absolute Gasteiger partial charge is 0.397 e. The van der Waals surface area contributed by atoms with Gasteiger partial charge >= 0.3 is 0 Å². The fourth-order valence-corrected chi connectivity index (χ4v) is 2.65. The van der Waals surface area contributed by atoms with Crippen LogP contribution in [-0.2, 0) is 4.79 Å². The Hall–Kier alpha value is -1.56. The number of carbonyl (C=O) groups is 2. The maximum Gasteiger partial charge on any atom is 0.266 e. The van der Waals surface area contributed by atoms with Crippen LogP contribution in [0.15, 0.2) is 11.4 Å². The molecule has 0 atom stereocenters. The zero-order valence-corrected chi connectivity index (χ0v) is 10.5. The molecule has 1 fully saturated rings. The predicted octanol–water partition coefficient (Wildman–Crippen LogP) is 0.635. The normalized spacial score (nSPS) is 16.1. The second-order valence-corrected chi connectivity index (χ2v) is 4.92. The van der Waals surface area contributed by atoms with E-state index in [0.717, 1.165) is 0 Å². The molecule has 0 bridgehead atoms. The molecule has 2 rings (SSSR count). The average Bonchev–Trinajstić information content (AvgIpc) is 2.74. The van der Waals surface area contributed by atoms with Gasteiger partial charge in [0.25, 0.3) is 5.91 Å². The number of piperazine rings is 1. The SMILES string of the molecule is CC(=O)N1CCN(C(=O)c2sccc2N)CC1. The second kappa shape index (κ2) is 4.75. The maximum atomic E-state index is 12.1. The third kappa shape index (κ3) is 2.41. The first-order valence-electron chi connectivity index (χ1n) is 5.47. The van der Waals surface area contributed by atoms with E-state index >= 15 is 0 Å². The number of hydrogen-bond acceptors (Lipinski definition) is 4. The second-order valence-electron chi connectivity index (χ2n) is 4.00. The Kier molecular flexibility index (Phi) is 3.33. The van der Waals surface area contributed by atoms with Crippen LogP contribution in [0.5, 0.6) is 0 Å². The summed E-state index contributed by atoms with van der Waals surface area (Å²) in [5, 5.41) is 1.81. The van der Waals surface area contributed by atoms with Crippen molar-refractivity contribution in [2.45, 2.75) is 6.92 Å². The van der Waals surface area contributed by atoms with E-state index in [9.17, 15) is 9.59 Å². The van der Waals surface area contributed by atoms with Crippen LogP contribution in [0, 0.1) is 0 Å². The smallest absolute Gasteiger partial charge is 0.266 e. The summed E-state index contributed by atoms with van der Waals surface area (Å²) in [6.07, 6.45) is 0. The summed E-state index contributed by atoms with van der Waals surface area (Å²) in [5.41, 5.74) is 6.26. The summed E-state index contributed by atoms with van der Waals surface area (Å²) < 4.78 is 0. The molecule has 2 amide bonds. The van der Waals surface area contributed by atoms with Gasteiger partial charge in [0.1, 0.15) is 4.88 Å². The fourth-order valence-electron chi connectivity index (χ4n) is 1.86. The molecule has 1 aromatic heterocycles. The van der Waals surface area contributed by atoms with Gasteiger partial charge in [0.15, 0.2) is 0 Å². The first-order valence-corrected chi connectivity index (χ1v) is 6.35. The lowest BCUT2D eigenvalue weighted by Gasteiger charge is -2.34. The summed E-state index contributed by atoms with van der Waals surface area (Å²) in [5.74, 6) is 0.0356. The van der Waals surface area contributed by atoms with Crippen LogP contribution in [0.2, 0.25) is 0 Å². The average molecular weight is 253 g/mol. The topological polar surface area (TPSA) is 66.6 Å². The molecule has 1 aliphatic heterocycles. The zero-order valence-electron chi connectivity index (χ0n) is 9.68. The molecule has 0 aliphatic carbocycles. The molecule has 1 saturated heterocycles. The molecule has 0 saturated carbocycles. The molecular formula is C11H15N3O2S. The predicted molar refractivity (Wildman–Crippen MR) is 66.9 cm³/mol. The monoisotopic (exact) mass is 253 g/mol. The molecule has 1 aliphatic rings. The number of hydrogen-bond donors (Lipinski definition) is 1. The number of amides is 2. The van der Waals surface area contributed by atoms with Crippen molar-refractivity contribution in [1.82, 2.24) is 9.80 Å². The molecule has 0 radical (unpaired) electrons. The summed E-state index contributed by atoms with van der Waals surface area (Å²) in [4.78, 5) is 27.4. The number of rotatable bonds is 1. The van der Waals surface area contributed by atoms with Crippen molar-refractivity contribution in [3.05, 3.63) is 16.3 Å². The summed E-state index contributed by atoms with van der Waals surface area (Å²) in [6, 6.07) is 1.74. The van der Waals surface area contributed by atoms with E-state index in [1.165, 1.54) is 11.3 Å². The van der Waals surface area contributed by atoms with Crippen LogP contribution < -0.4 is 5.73 Å². The van der Waals surface area contributed by atoms with Crippen molar-refractivity contribution in [3.8, 4) is 0 Å². The Labute approximate surface area is 104 Å². The highest BCUT2D eigenvalue weighted by molar-refractivity contribution is 7.12. The molecule has 0 unspecified atom stereocenters. The van der Waals surface area contributed by atoms with Gasteiger partial charge in [-0.3, -0.25) is 9.59 Å². The molecule has 6 heteroatoms. The number of thiophene rings is 1. The third-order valence-corrected chi connectivity index (χ3v) is 3.82. The summed E-state index contributed by atoms with van der Waals surface area (Å²) in [6.45, 7) is 3.92. The van der Waals surface area contributed by atoms with Gasteiger partial charge in [0, 0.05) is 33.1 Å². The molecule has 2 heterocycles. The molecule has 1 aromatic rings. The maximum absolute atomic E-state index is 12.1. The van der Waals surface area contributed by atoms with Crippen LogP contribution >= 0.6 is 11.3 Å². The minimum Gasteiger partial charge on any atom is -0.397 e. The van der Waals surface area contributed by atoms with E-state index in [1.54, 1.807) is 22.8 Å². The van der Waals surface area contributed by atoms with Gasteiger partial charge < -0.3 is 15.5 Å². The minimum atomic E-state index is -0.0271. The molecule has 5 nitrogen and oxygen atoms in total. The van der Waals surface area contributed by atoms with Crippen molar-refractivity contribution >= 4 is 28.8 Å². The number of nitrogens with zero attached hydrogens (tertiary/aromatic N) is 2. The third-order valence-electron chi connectivity index (χ3n) is 2.90. The highest BCUT2D eigenvalue weighted by atomic mass is 32.1. The highest BCUT2D eigenvalue weighted by Gasteiger charge is 2.24. The van der Waals surface area contributed by atoms with Crippen molar-refractivity contribution in [3.63, 3.8) is 0 Å². The quantitative estimate of drug-likeness (QED) is 0.798. The first-order chi connectivity index (χ1) is 8.09. The molecule has 92 valence electrons. The van der Waals surface area contributed by atoms with Gasteiger partial charge in [0.2, 0.25) is 5.91 Å². The van der Waals surface area contributed by atoms with Gasteiger partial charge in [-0.1, -0.05) is 0 Å². The van der Waals surface area contributed by atoms with E-state index in [4.69, 9.17) is 5.73 Å². The Morgan fingerprint density at radius 3 is 2.29 bits per heavy atom. The van der Waals surface area contributed by atoms with Gasteiger partial charge in [-0.15, -0.1) is 11.3 Å². The lowest BCUT2D eigenvalue weighted by atomic mass is 10.2. The Bertz CT molecular complexity index is 436. The van der Waals surface area contributed by atoms with E-state index in [2.05, 4.69) is 0 Å². The van der Waals surface area contributed by atoms with Gasteiger partial charge in [-0.25, -0.2) is 0 Å². The van der Waals surface area contributed by atoms with Crippen LogP contribution in [0.4, 0.5) is 5.69 Å². The summed E-state index contributed by atoms with van der Waals surface area (Å²) in [7, 11) is 0. The van der Waals surface area contributed by atoms with Gasteiger partial charge in [-0.2, -0.15) is 0 Å². The molecular weight excluding hydrogens is 238 g/mol.